The highest BCUT2D eigenvalue weighted by Gasteiger charge is 2.09. The molecule has 0 radical (unpaired) electrons. The molecule has 0 atom stereocenters. The van der Waals surface area contributed by atoms with Gasteiger partial charge in [-0.3, -0.25) is 0 Å². The summed E-state index contributed by atoms with van der Waals surface area (Å²) >= 11 is 0. The molecular weight excluding hydrogens is 306 g/mol. The molecule has 0 aromatic heterocycles. The van der Waals surface area contributed by atoms with Crippen molar-refractivity contribution >= 4 is 5.69 Å². The molecule has 0 aliphatic heterocycles. The van der Waals surface area contributed by atoms with E-state index in [4.69, 9.17) is 5.11 Å². The fourth-order valence-electron chi connectivity index (χ4n) is 2.77. The minimum atomic E-state index is -0.123. The number of nitrogens with zero attached hydrogens (tertiary/aromatic N) is 1. The number of aliphatic hydroxyl groups is 1. The van der Waals surface area contributed by atoms with Crippen molar-refractivity contribution in [3.05, 3.63) is 102 Å². The maximum absolute atomic E-state index is 8.91. The van der Waals surface area contributed by atoms with Gasteiger partial charge in [0, 0.05) is 24.3 Å². The molecule has 3 aromatic carbocycles. The van der Waals surface area contributed by atoms with Crippen LogP contribution >= 0.6 is 0 Å². The second kappa shape index (κ2) is 8.73. The van der Waals surface area contributed by atoms with Gasteiger partial charge in [0.15, 0.2) is 0 Å². The largest absolute Gasteiger partial charge is 0.384 e. The average Bonchev–Trinajstić information content (AvgIpc) is 2.68. The summed E-state index contributed by atoms with van der Waals surface area (Å²) < 4.78 is 0. The average molecular weight is 327 g/mol. The van der Waals surface area contributed by atoms with E-state index in [-0.39, 0.29) is 6.61 Å². The van der Waals surface area contributed by atoms with Crippen LogP contribution in [-0.4, -0.2) is 11.7 Å². The van der Waals surface area contributed by atoms with E-state index in [0.29, 0.717) is 0 Å². The first kappa shape index (κ1) is 16.8. The SMILES string of the molecule is OCC#Cc1cccc(N(Cc2ccccc2)Cc2ccccc2)c1. The van der Waals surface area contributed by atoms with E-state index in [2.05, 4.69) is 77.4 Å². The van der Waals surface area contributed by atoms with Crippen LogP contribution in [0.25, 0.3) is 0 Å². The van der Waals surface area contributed by atoms with Crippen molar-refractivity contribution in [3.8, 4) is 11.8 Å². The number of anilines is 1. The zero-order valence-corrected chi connectivity index (χ0v) is 14.1. The second-order valence-corrected chi connectivity index (χ2v) is 5.84. The first-order chi connectivity index (χ1) is 12.3. The van der Waals surface area contributed by atoms with Gasteiger partial charge in [0.1, 0.15) is 6.61 Å². The Balaban J connectivity index is 1.90. The van der Waals surface area contributed by atoms with Gasteiger partial charge in [-0.1, -0.05) is 78.6 Å². The molecule has 0 aliphatic carbocycles. The minimum Gasteiger partial charge on any atom is -0.384 e. The van der Waals surface area contributed by atoms with Crippen LogP contribution in [-0.2, 0) is 13.1 Å². The summed E-state index contributed by atoms with van der Waals surface area (Å²) in [5.41, 5.74) is 4.57. The smallest absolute Gasteiger partial charge is 0.104 e. The van der Waals surface area contributed by atoms with Crippen LogP contribution in [0.1, 0.15) is 16.7 Å². The molecule has 3 aromatic rings. The molecule has 25 heavy (non-hydrogen) atoms. The Morgan fingerprint density at radius 2 is 1.32 bits per heavy atom. The second-order valence-electron chi connectivity index (χ2n) is 5.84. The Hall–Kier alpha value is -3.02. The summed E-state index contributed by atoms with van der Waals surface area (Å²) in [4.78, 5) is 2.34. The Bertz CT molecular complexity index is 806. The Kier molecular flexibility index (Phi) is 5.87. The van der Waals surface area contributed by atoms with Gasteiger partial charge in [0.05, 0.1) is 0 Å². The molecule has 0 amide bonds. The number of hydrogen-bond acceptors (Lipinski definition) is 2. The third-order valence-corrected chi connectivity index (χ3v) is 3.96. The van der Waals surface area contributed by atoms with Crippen molar-refractivity contribution < 1.29 is 5.11 Å². The van der Waals surface area contributed by atoms with Crippen molar-refractivity contribution in [1.29, 1.82) is 0 Å². The van der Waals surface area contributed by atoms with E-state index in [1.54, 1.807) is 0 Å². The molecule has 0 unspecified atom stereocenters. The van der Waals surface area contributed by atoms with Crippen LogP contribution in [0.3, 0.4) is 0 Å². The lowest BCUT2D eigenvalue weighted by Gasteiger charge is -2.25. The van der Waals surface area contributed by atoms with Crippen LogP contribution in [0, 0.1) is 11.8 Å². The van der Waals surface area contributed by atoms with Crippen molar-refractivity contribution in [2.45, 2.75) is 13.1 Å². The van der Waals surface area contributed by atoms with Gasteiger partial charge < -0.3 is 10.0 Å². The third kappa shape index (κ3) is 4.97. The highest BCUT2D eigenvalue weighted by Crippen LogP contribution is 2.21. The summed E-state index contributed by atoms with van der Waals surface area (Å²) in [6.45, 7) is 1.53. The summed E-state index contributed by atoms with van der Waals surface area (Å²) in [5.74, 6) is 5.71. The molecule has 0 spiro atoms. The van der Waals surface area contributed by atoms with Crippen molar-refractivity contribution in [2.75, 3.05) is 11.5 Å². The van der Waals surface area contributed by atoms with Crippen LogP contribution in [0.4, 0.5) is 5.69 Å². The Morgan fingerprint density at radius 3 is 1.88 bits per heavy atom. The molecule has 1 N–H and O–H groups in total. The van der Waals surface area contributed by atoms with Crippen LogP contribution in [0.5, 0.6) is 0 Å². The predicted octanol–water partition coefficient (Wildman–Crippen LogP) is 4.24. The fourth-order valence-corrected chi connectivity index (χ4v) is 2.77. The first-order valence-electron chi connectivity index (χ1n) is 8.38. The van der Waals surface area contributed by atoms with Crippen LogP contribution < -0.4 is 4.90 Å². The lowest BCUT2D eigenvalue weighted by molar-refractivity contribution is 0.350. The van der Waals surface area contributed by atoms with Crippen LogP contribution in [0.15, 0.2) is 84.9 Å². The summed E-state index contributed by atoms with van der Waals surface area (Å²) in [5, 5.41) is 8.91. The molecule has 0 fully saturated rings. The highest BCUT2D eigenvalue weighted by molar-refractivity contribution is 5.53. The quantitative estimate of drug-likeness (QED) is 0.709. The molecule has 0 saturated heterocycles. The van der Waals surface area contributed by atoms with E-state index < -0.39 is 0 Å². The maximum atomic E-state index is 8.91. The lowest BCUT2D eigenvalue weighted by atomic mass is 10.1. The van der Waals surface area contributed by atoms with E-state index >= 15 is 0 Å². The van der Waals surface area contributed by atoms with Gasteiger partial charge in [-0.15, -0.1) is 0 Å². The van der Waals surface area contributed by atoms with Gasteiger partial charge in [-0.25, -0.2) is 0 Å². The Labute approximate surface area is 149 Å². The zero-order chi connectivity index (χ0) is 17.3. The monoisotopic (exact) mass is 327 g/mol. The van der Waals surface area contributed by atoms with Crippen molar-refractivity contribution in [3.63, 3.8) is 0 Å². The molecule has 2 nitrogen and oxygen atoms in total. The summed E-state index contributed by atoms with van der Waals surface area (Å²) in [6, 6.07) is 29.1. The van der Waals surface area contributed by atoms with E-state index in [1.165, 1.54) is 11.1 Å². The molecule has 0 aliphatic rings. The maximum Gasteiger partial charge on any atom is 0.104 e. The van der Waals surface area contributed by atoms with E-state index in [0.717, 1.165) is 24.3 Å². The minimum absolute atomic E-state index is 0.123. The van der Waals surface area contributed by atoms with Gasteiger partial charge in [0.2, 0.25) is 0 Å². The molecule has 2 heteroatoms. The van der Waals surface area contributed by atoms with Gasteiger partial charge in [-0.2, -0.15) is 0 Å². The number of aliphatic hydroxyl groups excluding tert-OH is 1. The van der Waals surface area contributed by atoms with E-state index in [9.17, 15) is 0 Å². The summed E-state index contributed by atoms with van der Waals surface area (Å²) in [6.07, 6.45) is 0. The number of hydrogen-bond donors (Lipinski definition) is 1. The van der Waals surface area contributed by atoms with Crippen LogP contribution in [0.2, 0.25) is 0 Å². The Morgan fingerprint density at radius 1 is 0.720 bits per heavy atom. The predicted molar refractivity (Wildman–Crippen MR) is 103 cm³/mol. The molecule has 124 valence electrons. The third-order valence-electron chi connectivity index (χ3n) is 3.96. The molecule has 3 rings (SSSR count). The zero-order valence-electron chi connectivity index (χ0n) is 14.1. The van der Waals surface area contributed by atoms with Gasteiger partial charge in [0.25, 0.3) is 0 Å². The first-order valence-corrected chi connectivity index (χ1v) is 8.38. The standard InChI is InChI=1S/C23H21NO/c25-16-8-14-20-13-7-15-23(17-20)24(18-21-9-3-1-4-10-21)19-22-11-5-2-6-12-22/h1-7,9-13,15,17,25H,16,18-19H2. The molecule has 0 saturated carbocycles. The highest BCUT2D eigenvalue weighted by atomic mass is 16.2. The summed E-state index contributed by atoms with van der Waals surface area (Å²) in [7, 11) is 0. The fraction of sp³-hybridized carbons (Fsp3) is 0.130. The number of benzene rings is 3. The van der Waals surface area contributed by atoms with Crippen molar-refractivity contribution in [2.24, 2.45) is 0 Å². The topological polar surface area (TPSA) is 23.5 Å². The van der Waals surface area contributed by atoms with E-state index in [1.807, 2.05) is 24.3 Å². The lowest BCUT2D eigenvalue weighted by Crippen LogP contribution is -2.22. The number of rotatable bonds is 5. The van der Waals surface area contributed by atoms with Crippen molar-refractivity contribution in [1.82, 2.24) is 0 Å². The van der Waals surface area contributed by atoms with Gasteiger partial charge in [-0.05, 0) is 29.3 Å². The molecular formula is C23H21NO. The van der Waals surface area contributed by atoms with Gasteiger partial charge >= 0.3 is 0 Å². The molecule has 0 bridgehead atoms. The molecule has 0 heterocycles. The normalized spacial score (nSPS) is 9.96.